The van der Waals surface area contributed by atoms with E-state index in [4.69, 9.17) is 11.6 Å². The highest BCUT2D eigenvalue weighted by Crippen LogP contribution is 2.68. The summed E-state index contributed by atoms with van der Waals surface area (Å²) in [4.78, 5) is 37.3. The van der Waals surface area contributed by atoms with Crippen molar-refractivity contribution in [2.24, 2.45) is 13.0 Å². The van der Waals surface area contributed by atoms with E-state index < -0.39 is 124 Å². The summed E-state index contributed by atoms with van der Waals surface area (Å²) >= 11 is 7.11. The van der Waals surface area contributed by atoms with Gasteiger partial charge in [0.25, 0.3) is 11.5 Å². The van der Waals surface area contributed by atoms with Gasteiger partial charge in [-0.05, 0) is 42.2 Å². The Balaban J connectivity index is 1.31. The number of benzene rings is 2. The van der Waals surface area contributed by atoms with E-state index in [9.17, 15) is 53.1 Å². The molecule has 1 fully saturated rings. The summed E-state index contributed by atoms with van der Waals surface area (Å²) in [6, 6.07) is 2.98. The highest BCUT2D eigenvalue weighted by Gasteiger charge is 2.68. The maximum Gasteiger partial charge on any atom is 0.435 e. The summed E-state index contributed by atoms with van der Waals surface area (Å²) in [6.07, 6.45) is -11.1. The van der Waals surface area contributed by atoms with Crippen molar-refractivity contribution in [2.75, 3.05) is 22.8 Å². The maximum atomic E-state index is 15.4. The molecule has 330 valence electrons. The van der Waals surface area contributed by atoms with Crippen molar-refractivity contribution < 1.29 is 57.1 Å². The quantitative estimate of drug-likeness (QED) is 0.110. The van der Waals surface area contributed by atoms with Gasteiger partial charge in [0.1, 0.15) is 34.4 Å². The molecule has 2 aliphatic rings. The zero-order chi connectivity index (χ0) is 45.0. The number of hydrogen-bond donors (Lipinski definition) is 3. The molecule has 6 aromatic rings. The first kappa shape index (κ1) is 43.2. The molecule has 27 heteroatoms. The van der Waals surface area contributed by atoms with Crippen molar-refractivity contribution in [1.82, 2.24) is 39.4 Å². The number of fused-ring (bicyclic) bond motifs is 5. The molecule has 1 amide bonds. The summed E-state index contributed by atoms with van der Waals surface area (Å²) in [5.74, 6) is -10.6. The molecule has 0 aliphatic heterocycles. The number of carbonyl (C=O) groups excluding carboxylic acids is 1. The summed E-state index contributed by atoms with van der Waals surface area (Å²) in [5, 5.41) is 12.1. The van der Waals surface area contributed by atoms with Gasteiger partial charge >= 0.3 is 12.4 Å². The van der Waals surface area contributed by atoms with Gasteiger partial charge in [-0.15, -0.1) is 0 Å². The number of thiazole rings is 1. The number of alkyl halides is 8. The number of carbonyl (C=O) groups is 1. The lowest BCUT2D eigenvalue weighted by Gasteiger charge is -2.23. The Labute approximate surface area is 349 Å². The lowest BCUT2D eigenvalue weighted by Crippen LogP contribution is -2.38. The minimum absolute atomic E-state index is 0.0457. The molecular formula is C35H27ClF10N10O4S2. The monoisotopic (exact) mass is 940 g/mol. The fourth-order valence-corrected chi connectivity index (χ4v) is 9.27. The number of anilines is 2. The van der Waals surface area contributed by atoms with Crippen molar-refractivity contribution in [1.29, 1.82) is 0 Å². The third kappa shape index (κ3) is 8.02. The first-order valence-corrected chi connectivity index (χ1v) is 21.1. The topological polar surface area (TPSA) is 171 Å². The fourth-order valence-electron chi connectivity index (χ4n) is 7.67. The Hall–Kier alpha value is -5.50. The van der Waals surface area contributed by atoms with E-state index in [1.807, 2.05) is 0 Å². The van der Waals surface area contributed by atoms with Crippen molar-refractivity contribution >= 4 is 71.1 Å². The summed E-state index contributed by atoms with van der Waals surface area (Å²) in [6.45, 7) is -1.92. The maximum absolute atomic E-state index is 15.4. The van der Waals surface area contributed by atoms with Gasteiger partial charge in [0.15, 0.2) is 22.3 Å². The second-order valence-corrected chi connectivity index (χ2v) is 17.8. The Bertz CT molecular complexity index is 2980. The summed E-state index contributed by atoms with van der Waals surface area (Å²) in [7, 11) is -2.66. The standard InChI is InChI=1S/C35H27ClF10N10O4S2/c1-54-24-20(4-3-18(36)23(24)28(52-54)53-62(2,59)60)56-30(49-29-25(31(56)58)61-32(50-29)47-6-5-33(39,40)41)19(9-13-7-14(37)10-15(38)8-13)48-21(57)12-55-27-22(26(51-55)35(44,45)46)16-11-17(16)34(27,42)43/h3-4,7-8,10,16-17,19H,5-6,9,11-12H2,1-2H3,(H,47,50)(H,48,57)(H,52,53)/t16-,17+,19-/m0/s1. The number of nitrogens with one attached hydrogen (secondary N) is 3. The van der Waals surface area contributed by atoms with Gasteiger partial charge < -0.3 is 10.6 Å². The van der Waals surface area contributed by atoms with Crippen LogP contribution in [0.5, 0.6) is 0 Å². The van der Waals surface area contributed by atoms with Crippen LogP contribution in [-0.2, 0) is 46.9 Å². The highest BCUT2D eigenvalue weighted by molar-refractivity contribution is 7.92. The summed E-state index contributed by atoms with van der Waals surface area (Å²) < 4.78 is 170. The number of aromatic nitrogens is 7. The minimum Gasteiger partial charge on any atom is -0.361 e. The number of halogens is 11. The van der Waals surface area contributed by atoms with E-state index in [0.717, 1.165) is 27.6 Å². The first-order chi connectivity index (χ1) is 28.8. The molecule has 4 heterocycles. The SMILES string of the molecule is Cn1nc(NS(C)(=O)=O)c2c(Cl)ccc(-n3c([C@H](Cc4cc(F)cc(F)c4)NC(=O)Cn4nc(C(F)(F)F)c5c4C(F)(F)[C@@H]4C[C@H]54)nc4nc(NCCC(F)(F)F)sc4c3=O)c21. The average molecular weight is 941 g/mol. The molecule has 0 saturated heterocycles. The van der Waals surface area contributed by atoms with Crippen molar-refractivity contribution in [3.63, 3.8) is 0 Å². The van der Waals surface area contributed by atoms with Crippen LogP contribution in [0.15, 0.2) is 35.1 Å². The Morgan fingerprint density at radius 2 is 1.76 bits per heavy atom. The van der Waals surface area contributed by atoms with E-state index in [0.29, 0.717) is 17.4 Å². The van der Waals surface area contributed by atoms with Crippen LogP contribution in [0.3, 0.4) is 0 Å². The number of aryl methyl sites for hydroxylation is 1. The number of sulfonamides is 1. The van der Waals surface area contributed by atoms with Crippen LogP contribution < -0.4 is 20.9 Å². The van der Waals surface area contributed by atoms with Crippen LogP contribution in [0, 0.1) is 17.6 Å². The molecule has 4 aromatic heterocycles. The third-order valence-electron chi connectivity index (χ3n) is 10.1. The van der Waals surface area contributed by atoms with Gasteiger partial charge in [0, 0.05) is 37.6 Å². The molecular weight excluding hydrogens is 914 g/mol. The number of nitrogens with zero attached hydrogens (tertiary/aromatic N) is 7. The van der Waals surface area contributed by atoms with Crippen LogP contribution in [0.25, 0.3) is 26.9 Å². The van der Waals surface area contributed by atoms with E-state index in [1.165, 1.54) is 19.2 Å². The molecule has 1 saturated carbocycles. The van der Waals surface area contributed by atoms with Gasteiger partial charge in [0.2, 0.25) is 15.9 Å². The minimum atomic E-state index is -5.17. The van der Waals surface area contributed by atoms with Gasteiger partial charge in [-0.3, -0.25) is 28.2 Å². The zero-order valence-corrected chi connectivity index (χ0v) is 33.8. The van der Waals surface area contributed by atoms with E-state index in [1.54, 1.807) is 0 Å². The molecule has 3 atom stereocenters. The second kappa shape index (κ2) is 14.8. The molecule has 14 nitrogen and oxygen atoms in total. The van der Waals surface area contributed by atoms with E-state index in [2.05, 4.69) is 35.5 Å². The fraction of sp³-hybridized carbons (Fsp3) is 0.371. The Morgan fingerprint density at radius 3 is 2.40 bits per heavy atom. The Morgan fingerprint density at radius 1 is 1.06 bits per heavy atom. The van der Waals surface area contributed by atoms with E-state index >= 15 is 8.78 Å². The average Bonchev–Trinajstić information content (AvgIpc) is 3.38. The third-order valence-corrected chi connectivity index (χ3v) is 12.0. The van der Waals surface area contributed by atoms with Crippen LogP contribution in [0.1, 0.15) is 53.1 Å². The van der Waals surface area contributed by atoms with Gasteiger partial charge in [0.05, 0.1) is 40.3 Å². The van der Waals surface area contributed by atoms with Crippen LogP contribution in [0.2, 0.25) is 5.02 Å². The predicted molar refractivity (Wildman–Crippen MR) is 203 cm³/mol. The lowest BCUT2D eigenvalue weighted by atomic mass is 10.0. The smallest absolute Gasteiger partial charge is 0.361 e. The van der Waals surface area contributed by atoms with Crippen molar-refractivity contribution in [3.8, 4) is 5.69 Å². The van der Waals surface area contributed by atoms with Crippen LogP contribution in [-0.4, -0.2) is 67.4 Å². The molecule has 0 bridgehead atoms. The molecule has 3 N–H and O–H groups in total. The largest absolute Gasteiger partial charge is 0.435 e. The number of rotatable bonds is 12. The normalized spacial score (nSPS) is 17.6. The molecule has 62 heavy (non-hydrogen) atoms. The molecule has 2 aromatic carbocycles. The number of hydrogen-bond acceptors (Lipinski definition) is 10. The van der Waals surface area contributed by atoms with Crippen LogP contribution in [0.4, 0.5) is 54.9 Å². The zero-order valence-electron chi connectivity index (χ0n) is 31.4. The van der Waals surface area contributed by atoms with Crippen molar-refractivity contribution in [2.45, 2.75) is 56.0 Å². The molecule has 2 aliphatic carbocycles. The second-order valence-electron chi connectivity index (χ2n) is 14.7. The molecule has 8 rings (SSSR count). The highest BCUT2D eigenvalue weighted by atomic mass is 35.5. The van der Waals surface area contributed by atoms with Gasteiger partial charge in [-0.2, -0.15) is 50.3 Å². The first-order valence-electron chi connectivity index (χ1n) is 18.0. The lowest BCUT2D eigenvalue weighted by molar-refractivity contribution is -0.142. The predicted octanol–water partition coefficient (Wildman–Crippen LogP) is 6.92. The molecule has 0 unspecified atom stereocenters. The number of amides is 1. The molecule has 0 spiro atoms. The van der Waals surface area contributed by atoms with Crippen molar-refractivity contribution in [3.05, 3.63) is 85.7 Å². The van der Waals surface area contributed by atoms with Gasteiger partial charge in [-0.1, -0.05) is 22.9 Å². The Kier molecular flexibility index (Phi) is 10.3. The summed E-state index contributed by atoms with van der Waals surface area (Å²) in [5.41, 5.74) is -5.23. The van der Waals surface area contributed by atoms with E-state index in [-0.39, 0.29) is 53.9 Å². The van der Waals surface area contributed by atoms with Gasteiger partial charge in [-0.25, -0.2) is 22.2 Å². The van der Waals surface area contributed by atoms with Crippen LogP contribution >= 0.6 is 22.9 Å². The molecule has 0 radical (unpaired) electrons.